The van der Waals surface area contributed by atoms with Crippen molar-refractivity contribution < 1.29 is 18.7 Å². The SMILES string of the molecule is COC(=O)N(N)[C@H](C(=O)N1CCC[C@H]1F)C(C)(C)C. The van der Waals surface area contributed by atoms with Gasteiger partial charge in [-0.25, -0.2) is 20.0 Å². The fraction of sp³-hybridized carbons (Fsp3) is 0.833. The van der Waals surface area contributed by atoms with Gasteiger partial charge in [0.25, 0.3) is 0 Å². The fourth-order valence-electron chi connectivity index (χ4n) is 2.25. The predicted octanol–water partition coefficient (Wildman–Crippen LogP) is 1.26. The molecule has 1 saturated heterocycles. The van der Waals surface area contributed by atoms with Crippen LogP contribution in [0.15, 0.2) is 0 Å². The van der Waals surface area contributed by atoms with Crippen LogP contribution in [0.25, 0.3) is 0 Å². The number of alkyl halides is 1. The zero-order valence-electron chi connectivity index (χ0n) is 11.9. The van der Waals surface area contributed by atoms with Crippen molar-refractivity contribution in [2.24, 2.45) is 11.3 Å². The van der Waals surface area contributed by atoms with Gasteiger partial charge >= 0.3 is 6.09 Å². The van der Waals surface area contributed by atoms with Crippen molar-refractivity contribution in [3.05, 3.63) is 0 Å². The highest BCUT2D eigenvalue weighted by atomic mass is 19.1. The summed E-state index contributed by atoms with van der Waals surface area (Å²) in [5.41, 5.74) is -0.623. The minimum atomic E-state index is -1.30. The summed E-state index contributed by atoms with van der Waals surface area (Å²) < 4.78 is 18.2. The Hall–Kier alpha value is -1.37. The van der Waals surface area contributed by atoms with E-state index in [2.05, 4.69) is 4.74 Å². The van der Waals surface area contributed by atoms with Crippen molar-refractivity contribution in [2.75, 3.05) is 13.7 Å². The molecule has 0 aliphatic carbocycles. The van der Waals surface area contributed by atoms with Crippen molar-refractivity contribution in [1.82, 2.24) is 9.91 Å². The third kappa shape index (κ3) is 3.34. The molecular weight excluding hydrogens is 253 g/mol. The van der Waals surface area contributed by atoms with Crippen LogP contribution in [-0.2, 0) is 9.53 Å². The van der Waals surface area contributed by atoms with E-state index in [0.717, 1.165) is 9.91 Å². The van der Waals surface area contributed by atoms with Crippen LogP contribution in [0.1, 0.15) is 33.6 Å². The largest absolute Gasteiger partial charge is 0.452 e. The molecular formula is C12H22FN3O3. The molecule has 7 heteroatoms. The maximum Gasteiger partial charge on any atom is 0.424 e. The van der Waals surface area contributed by atoms with Crippen molar-refractivity contribution in [3.8, 4) is 0 Å². The first-order chi connectivity index (χ1) is 8.70. The van der Waals surface area contributed by atoms with E-state index in [1.807, 2.05) is 0 Å². The first-order valence-electron chi connectivity index (χ1n) is 6.26. The molecule has 1 fully saturated rings. The average molecular weight is 275 g/mol. The predicted molar refractivity (Wildman–Crippen MR) is 67.5 cm³/mol. The van der Waals surface area contributed by atoms with E-state index in [4.69, 9.17) is 5.84 Å². The molecule has 1 aliphatic rings. The number of nitrogens with two attached hydrogens (primary N) is 1. The number of rotatable bonds is 2. The number of carbonyl (C=O) groups excluding carboxylic acids is 2. The number of nitrogens with zero attached hydrogens (tertiary/aromatic N) is 2. The molecule has 110 valence electrons. The van der Waals surface area contributed by atoms with Gasteiger partial charge in [0.1, 0.15) is 6.04 Å². The Kier molecular flexibility index (Phi) is 4.73. The van der Waals surface area contributed by atoms with Crippen LogP contribution in [0.2, 0.25) is 0 Å². The van der Waals surface area contributed by atoms with Gasteiger partial charge in [0.2, 0.25) is 5.91 Å². The second kappa shape index (κ2) is 5.73. The van der Waals surface area contributed by atoms with Gasteiger partial charge in [0, 0.05) is 6.54 Å². The molecule has 0 aromatic rings. The molecule has 0 unspecified atom stereocenters. The molecule has 2 atom stereocenters. The van der Waals surface area contributed by atoms with Crippen LogP contribution in [0.3, 0.4) is 0 Å². The Bertz CT molecular complexity index is 357. The van der Waals surface area contributed by atoms with Crippen LogP contribution in [0.4, 0.5) is 9.18 Å². The monoisotopic (exact) mass is 275 g/mol. The van der Waals surface area contributed by atoms with Gasteiger partial charge in [-0.2, -0.15) is 0 Å². The van der Waals surface area contributed by atoms with Gasteiger partial charge in [-0.15, -0.1) is 0 Å². The van der Waals surface area contributed by atoms with Crippen molar-refractivity contribution >= 4 is 12.0 Å². The van der Waals surface area contributed by atoms with Crippen LogP contribution < -0.4 is 5.84 Å². The number of halogens is 1. The summed E-state index contributed by atoms with van der Waals surface area (Å²) in [7, 11) is 1.18. The lowest BCUT2D eigenvalue weighted by Crippen LogP contribution is -2.59. The number of likely N-dealkylation sites (tertiary alicyclic amines) is 1. The summed E-state index contributed by atoms with van der Waals surface area (Å²) in [6.07, 6.45) is -1.18. The minimum Gasteiger partial charge on any atom is -0.452 e. The molecule has 1 heterocycles. The normalized spacial score (nSPS) is 21.2. The lowest BCUT2D eigenvalue weighted by Gasteiger charge is -2.37. The molecule has 0 radical (unpaired) electrons. The number of ether oxygens (including phenoxy) is 1. The van der Waals surface area contributed by atoms with Crippen LogP contribution in [0.5, 0.6) is 0 Å². The van der Waals surface area contributed by atoms with Gasteiger partial charge in [0.05, 0.1) is 7.11 Å². The van der Waals surface area contributed by atoms with E-state index in [9.17, 15) is 14.0 Å². The number of hydrazine groups is 1. The summed E-state index contributed by atoms with van der Waals surface area (Å²) in [4.78, 5) is 25.1. The summed E-state index contributed by atoms with van der Waals surface area (Å²) in [5, 5.41) is 0.743. The molecule has 1 rings (SSSR count). The van der Waals surface area contributed by atoms with Crippen LogP contribution in [0, 0.1) is 5.41 Å². The zero-order valence-corrected chi connectivity index (χ0v) is 11.9. The number of hydrogen-bond donors (Lipinski definition) is 1. The fourth-order valence-corrected chi connectivity index (χ4v) is 2.25. The summed E-state index contributed by atoms with van der Waals surface area (Å²) in [6.45, 7) is 5.65. The molecule has 1 aliphatic heterocycles. The van der Waals surface area contributed by atoms with Crippen LogP contribution >= 0.6 is 0 Å². The van der Waals surface area contributed by atoms with Crippen molar-refractivity contribution in [1.29, 1.82) is 0 Å². The smallest absolute Gasteiger partial charge is 0.424 e. The van der Waals surface area contributed by atoms with E-state index in [-0.39, 0.29) is 0 Å². The second-order valence-corrected chi connectivity index (χ2v) is 5.75. The third-order valence-electron chi connectivity index (χ3n) is 3.18. The quantitative estimate of drug-likeness (QED) is 0.356. The van der Waals surface area contributed by atoms with E-state index in [1.54, 1.807) is 20.8 Å². The molecule has 2 amide bonds. The molecule has 0 spiro atoms. The standard InChI is InChI=1S/C12H22FN3O3/c1-12(2,3)9(16(14)11(18)19-4)10(17)15-7-5-6-8(15)13/h8-9H,5-7,14H2,1-4H3/t8-,9+/m0/s1. The molecule has 6 nitrogen and oxygen atoms in total. The van der Waals surface area contributed by atoms with Gasteiger partial charge in [0.15, 0.2) is 6.30 Å². The van der Waals surface area contributed by atoms with Crippen LogP contribution in [-0.4, -0.2) is 47.9 Å². The Morgan fingerprint density at radius 1 is 1.47 bits per heavy atom. The summed E-state index contributed by atoms with van der Waals surface area (Å²) in [5.74, 6) is 5.18. The molecule has 0 saturated carbocycles. The topological polar surface area (TPSA) is 75.9 Å². The minimum absolute atomic E-state index is 0.325. The average Bonchev–Trinajstić information content (AvgIpc) is 2.72. The number of methoxy groups -OCH3 is 1. The Balaban J connectivity index is 2.97. The van der Waals surface area contributed by atoms with Gasteiger partial charge in [-0.1, -0.05) is 20.8 Å². The van der Waals surface area contributed by atoms with E-state index >= 15 is 0 Å². The lowest BCUT2D eigenvalue weighted by molar-refractivity contribution is -0.144. The maximum atomic E-state index is 13.7. The van der Waals surface area contributed by atoms with Gasteiger partial charge < -0.3 is 9.64 Å². The number of carbonyl (C=O) groups is 2. The highest BCUT2D eigenvalue weighted by molar-refractivity contribution is 5.86. The molecule has 0 bridgehead atoms. The Morgan fingerprint density at radius 3 is 2.42 bits per heavy atom. The molecule has 2 N–H and O–H groups in total. The highest BCUT2D eigenvalue weighted by Crippen LogP contribution is 2.28. The molecule has 0 aromatic carbocycles. The Labute approximate surface area is 112 Å². The summed E-state index contributed by atoms with van der Waals surface area (Å²) in [6, 6.07) is -0.962. The highest BCUT2D eigenvalue weighted by Gasteiger charge is 2.43. The first-order valence-corrected chi connectivity index (χ1v) is 6.26. The third-order valence-corrected chi connectivity index (χ3v) is 3.18. The number of hydrogen-bond acceptors (Lipinski definition) is 4. The second-order valence-electron chi connectivity index (χ2n) is 5.75. The Morgan fingerprint density at radius 2 is 2.05 bits per heavy atom. The van der Waals surface area contributed by atoms with E-state index < -0.39 is 29.8 Å². The van der Waals surface area contributed by atoms with Crippen molar-refractivity contribution in [3.63, 3.8) is 0 Å². The van der Waals surface area contributed by atoms with Gasteiger partial charge in [-0.05, 0) is 18.3 Å². The van der Waals surface area contributed by atoms with Crippen molar-refractivity contribution in [2.45, 2.75) is 46.0 Å². The lowest BCUT2D eigenvalue weighted by atomic mass is 9.85. The first kappa shape index (κ1) is 15.7. The summed E-state index contributed by atoms with van der Waals surface area (Å²) >= 11 is 0. The molecule has 19 heavy (non-hydrogen) atoms. The number of amides is 2. The maximum absolute atomic E-state index is 13.7. The van der Waals surface area contributed by atoms with E-state index in [0.29, 0.717) is 19.4 Å². The van der Waals surface area contributed by atoms with E-state index in [1.165, 1.54) is 7.11 Å². The van der Waals surface area contributed by atoms with Gasteiger partial charge in [-0.3, -0.25) is 4.79 Å². The zero-order chi connectivity index (χ0) is 14.8. The molecule has 0 aromatic heterocycles.